The van der Waals surface area contributed by atoms with Crippen molar-refractivity contribution in [1.82, 2.24) is 0 Å². The molecule has 0 aliphatic carbocycles. The monoisotopic (exact) mass is 196 g/mol. The zero-order chi connectivity index (χ0) is 9.47. The number of fused-ring (bicyclic) bond motifs is 1. The molecule has 1 aromatic rings. The fraction of sp³-hybridized carbons (Fsp3) is 0.636. The second-order valence-corrected chi connectivity index (χ2v) is 5.50. The second kappa shape index (κ2) is 3.02. The zero-order valence-electron chi connectivity index (χ0n) is 8.52. The summed E-state index contributed by atoms with van der Waals surface area (Å²) in [4.78, 5) is 1.40. The van der Waals surface area contributed by atoms with E-state index < -0.39 is 0 Å². The molecular weight excluding hydrogens is 180 g/mol. The van der Waals surface area contributed by atoms with E-state index in [-0.39, 0.29) is 5.41 Å². The molecule has 2 rings (SSSR count). The van der Waals surface area contributed by atoms with Crippen LogP contribution in [0.1, 0.15) is 37.6 Å². The van der Waals surface area contributed by atoms with E-state index in [9.17, 15) is 0 Å². The van der Waals surface area contributed by atoms with Crippen LogP contribution in [0, 0.1) is 0 Å². The van der Waals surface area contributed by atoms with Gasteiger partial charge in [0.25, 0.3) is 0 Å². The predicted molar refractivity (Wildman–Crippen MR) is 56.8 cm³/mol. The number of rotatable bonds is 0. The molecule has 0 fully saturated rings. The van der Waals surface area contributed by atoms with Gasteiger partial charge in [0.2, 0.25) is 0 Å². The van der Waals surface area contributed by atoms with Crippen LogP contribution in [0.2, 0.25) is 0 Å². The average Bonchev–Trinajstić information content (AvgIpc) is 2.45. The number of aryl methyl sites for hydroxylation is 1. The third-order valence-corrected chi connectivity index (χ3v) is 3.77. The van der Waals surface area contributed by atoms with Gasteiger partial charge in [-0.3, -0.25) is 0 Å². The van der Waals surface area contributed by atoms with Crippen LogP contribution in [0.25, 0.3) is 0 Å². The Labute approximate surface area is 83.7 Å². The molecule has 0 amide bonds. The highest BCUT2D eigenvalue weighted by molar-refractivity contribution is 7.10. The fourth-order valence-corrected chi connectivity index (χ4v) is 2.80. The average molecular weight is 196 g/mol. The lowest BCUT2D eigenvalue weighted by Gasteiger charge is -2.21. The first-order valence-electron chi connectivity index (χ1n) is 4.82. The van der Waals surface area contributed by atoms with Gasteiger partial charge in [0.1, 0.15) is 5.75 Å². The molecule has 1 nitrogen and oxygen atoms in total. The largest absolute Gasteiger partial charge is 0.492 e. The van der Waals surface area contributed by atoms with E-state index in [2.05, 4.69) is 26.2 Å². The van der Waals surface area contributed by atoms with Gasteiger partial charge in [0.15, 0.2) is 0 Å². The van der Waals surface area contributed by atoms with Gasteiger partial charge in [0, 0.05) is 5.56 Å². The lowest BCUT2D eigenvalue weighted by Crippen LogP contribution is -2.14. The van der Waals surface area contributed by atoms with Crippen molar-refractivity contribution in [2.75, 3.05) is 6.61 Å². The molecule has 0 unspecified atom stereocenters. The summed E-state index contributed by atoms with van der Waals surface area (Å²) >= 11 is 1.85. The second-order valence-electron chi connectivity index (χ2n) is 4.62. The summed E-state index contributed by atoms with van der Waals surface area (Å²) in [5.74, 6) is 1.18. The van der Waals surface area contributed by atoms with Crippen molar-refractivity contribution in [3.05, 3.63) is 15.8 Å². The minimum atomic E-state index is 0.232. The van der Waals surface area contributed by atoms with Gasteiger partial charge in [-0.2, -0.15) is 0 Å². The zero-order valence-corrected chi connectivity index (χ0v) is 9.33. The van der Waals surface area contributed by atoms with Gasteiger partial charge in [0.05, 0.1) is 11.5 Å². The summed E-state index contributed by atoms with van der Waals surface area (Å²) in [5, 5.41) is 2.26. The molecule has 2 heteroatoms. The summed E-state index contributed by atoms with van der Waals surface area (Å²) in [5.41, 5.74) is 1.65. The van der Waals surface area contributed by atoms with E-state index in [4.69, 9.17) is 4.74 Å². The van der Waals surface area contributed by atoms with Gasteiger partial charge >= 0.3 is 0 Å². The maximum Gasteiger partial charge on any atom is 0.136 e. The summed E-state index contributed by atoms with van der Waals surface area (Å²) in [6, 6.07) is 0. The van der Waals surface area contributed by atoms with E-state index >= 15 is 0 Å². The molecule has 1 aliphatic rings. The fourth-order valence-electron chi connectivity index (χ4n) is 1.67. The molecule has 13 heavy (non-hydrogen) atoms. The van der Waals surface area contributed by atoms with Crippen LogP contribution in [-0.4, -0.2) is 6.61 Å². The number of hydrogen-bond acceptors (Lipinski definition) is 2. The van der Waals surface area contributed by atoms with Crippen LogP contribution in [0.4, 0.5) is 0 Å². The summed E-state index contributed by atoms with van der Waals surface area (Å²) in [6.07, 6.45) is 2.37. The van der Waals surface area contributed by atoms with Crippen LogP contribution >= 0.6 is 11.3 Å². The number of thiophene rings is 1. The molecule has 0 saturated carbocycles. The van der Waals surface area contributed by atoms with E-state index in [0.29, 0.717) is 0 Å². The van der Waals surface area contributed by atoms with E-state index in [0.717, 1.165) is 6.61 Å². The molecule has 0 atom stereocenters. The Balaban J connectivity index is 2.43. The topological polar surface area (TPSA) is 9.23 Å². The van der Waals surface area contributed by atoms with Crippen LogP contribution in [-0.2, 0) is 11.8 Å². The van der Waals surface area contributed by atoms with Crippen LogP contribution in [0.3, 0.4) is 0 Å². The SMILES string of the molecule is CC(C)(C)c1scc2c1OCCC2. The van der Waals surface area contributed by atoms with Crippen molar-refractivity contribution in [3.8, 4) is 5.75 Å². The number of hydrogen-bond donors (Lipinski definition) is 0. The highest BCUT2D eigenvalue weighted by atomic mass is 32.1. The molecule has 0 aromatic carbocycles. The first-order chi connectivity index (χ1) is 6.09. The highest BCUT2D eigenvalue weighted by Gasteiger charge is 2.25. The third kappa shape index (κ3) is 1.60. The molecule has 0 bridgehead atoms. The molecule has 0 N–H and O–H groups in total. The van der Waals surface area contributed by atoms with E-state index in [1.54, 1.807) is 0 Å². The Bertz CT molecular complexity index is 306. The van der Waals surface area contributed by atoms with Crippen molar-refractivity contribution >= 4 is 11.3 Å². The molecule has 0 spiro atoms. The van der Waals surface area contributed by atoms with Gasteiger partial charge < -0.3 is 4.74 Å². The summed E-state index contributed by atoms with van der Waals surface area (Å²) < 4.78 is 5.73. The first kappa shape index (κ1) is 9.07. The van der Waals surface area contributed by atoms with Crippen molar-refractivity contribution in [2.24, 2.45) is 0 Å². The molecule has 0 radical (unpaired) electrons. The van der Waals surface area contributed by atoms with E-state index in [1.807, 2.05) is 11.3 Å². The van der Waals surface area contributed by atoms with Crippen molar-refractivity contribution in [2.45, 2.75) is 39.0 Å². The van der Waals surface area contributed by atoms with Crippen LogP contribution in [0.5, 0.6) is 5.75 Å². The molecule has 1 aromatic heterocycles. The normalized spacial score (nSPS) is 16.5. The molecular formula is C11H16OS. The maximum absolute atomic E-state index is 5.73. The lowest BCUT2D eigenvalue weighted by molar-refractivity contribution is 0.283. The Morgan fingerprint density at radius 3 is 2.85 bits per heavy atom. The predicted octanol–water partition coefficient (Wildman–Crippen LogP) is 3.37. The number of ether oxygens (including phenoxy) is 1. The molecule has 2 heterocycles. The summed E-state index contributed by atoms with van der Waals surface area (Å²) in [6.45, 7) is 7.64. The van der Waals surface area contributed by atoms with Crippen molar-refractivity contribution in [1.29, 1.82) is 0 Å². The van der Waals surface area contributed by atoms with Gasteiger partial charge in [-0.25, -0.2) is 0 Å². The van der Waals surface area contributed by atoms with Gasteiger partial charge in [-0.1, -0.05) is 20.8 Å². The Hall–Kier alpha value is -0.500. The van der Waals surface area contributed by atoms with Crippen molar-refractivity contribution in [3.63, 3.8) is 0 Å². The standard InChI is InChI=1S/C11H16OS/c1-11(2,3)10-9-8(7-13-10)5-4-6-12-9/h7H,4-6H2,1-3H3. The smallest absolute Gasteiger partial charge is 0.136 e. The Kier molecular flexibility index (Phi) is 2.11. The molecule has 0 saturated heterocycles. The molecule has 72 valence electrons. The minimum Gasteiger partial charge on any atom is -0.492 e. The Morgan fingerprint density at radius 2 is 2.15 bits per heavy atom. The van der Waals surface area contributed by atoms with Gasteiger partial charge in [-0.15, -0.1) is 11.3 Å². The molecule has 1 aliphatic heterocycles. The van der Waals surface area contributed by atoms with Gasteiger partial charge in [-0.05, 0) is 23.6 Å². The van der Waals surface area contributed by atoms with Crippen molar-refractivity contribution < 1.29 is 4.74 Å². The van der Waals surface area contributed by atoms with Crippen LogP contribution < -0.4 is 4.74 Å². The Morgan fingerprint density at radius 1 is 1.38 bits per heavy atom. The first-order valence-corrected chi connectivity index (χ1v) is 5.70. The van der Waals surface area contributed by atoms with E-state index in [1.165, 1.54) is 29.0 Å². The highest BCUT2D eigenvalue weighted by Crippen LogP contribution is 2.41. The quantitative estimate of drug-likeness (QED) is 0.618. The minimum absolute atomic E-state index is 0.232. The summed E-state index contributed by atoms with van der Waals surface area (Å²) in [7, 11) is 0. The lowest BCUT2D eigenvalue weighted by atomic mass is 9.92. The van der Waals surface area contributed by atoms with Crippen LogP contribution in [0.15, 0.2) is 5.38 Å². The maximum atomic E-state index is 5.73. The third-order valence-electron chi connectivity index (χ3n) is 2.33.